The number of nitrogens with zero attached hydrogens (tertiary/aromatic N) is 2. The molecule has 32 heavy (non-hydrogen) atoms. The summed E-state index contributed by atoms with van der Waals surface area (Å²) < 4.78 is 11.5. The highest BCUT2D eigenvalue weighted by atomic mass is 16.5. The third-order valence-corrected chi connectivity index (χ3v) is 5.70. The van der Waals surface area contributed by atoms with Crippen LogP contribution in [0.4, 0.5) is 0 Å². The van der Waals surface area contributed by atoms with Gasteiger partial charge in [-0.1, -0.05) is 44.2 Å². The van der Waals surface area contributed by atoms with Crippen molar-refractivity contribution in [3.8, 4) is 11.5 Å². The van der Waals surface area contributed by atoms with Gasteiger partial charge in [0.05, 0.1) is 13.0 Å². The Hall–Kier alpha value is -3.02. The van der Waals surface area contributed by atoms with Gasteiger partial charge in [-0.3, -0.25) is 9.59 Å². The first-order valence-electron chi connectivity index (χ1n) is 11.4. The molecule has 0 bridgehead atoms. The van der Waals surface area contributed by atoms with Crippen molar-refractivity contribution in [2.24, 2.45) is 0 Å². The fourth-order valence-electron chi connectivity index (χ4n) is 3.76. The minimum absolute atomic E-state index is 0.0420. The molecule has 1 aliphatic rings. The molecule has 0 N–H and O–H groups in total. The normalized spacial score (nSPS) is 15.2. The summed E-state index contributed by atoms with van der Waals surface area (Å²) >= 11 is 0. The van der Waals surface area contributed by atoms with Gasteiger partial charge in [0.25, 0.3) is 5.91 Å². The van der Waals surface area contributed by atoms with Crippen LogP contribution in [0.25, 0.3) is 0 Å². The fourth-order valence-corrected chi connectivity index (χ4v) is 3.76. The van der Waals surface area contributed by atoms with Crippen LogP contribution in [-0.2, 0) is 9.59 Å². The van der Waals surface area contributed by atoms with Crippen LogP contribution in [0, 0.1) is 0 Å². The second kappa shape index (κ2) is 11.6. The maximum Gasteiger partial charge on any atom is 0.263 e. The lowest BCUT2D eigenvalue weighted by molar-refractivity contribution is -0.138. The van der Waals surface area contributed by atoms with E-state index in [0.29, 0.717) is 50.9 Å². The minimum Gasteiger partial charge on any atom is -0.493 e. The van der Waals surface area contributed by atoms with E-state index in [4.69, 9.17) is 9.47 Å². The Morgan fingerprint density at radius 1 is 0.844 bits per heavy atom. The topological polar surface area (TPSA) is 59.1 Å². The summed E-state index contributed by atoms with van der Waals surface area (Å²) in [6.07, 6.45) is 0.517. The van der Waals surface area contributed by atoms with E-state index in [2.05, 4.69) is 13.8 Å². The van der Waals surface area contributed by atoms with Crippen LogP contribution in [-0.4, -0.2) is 60.5 Å². The van der Waals surface area contributed by atoms with Crippen LogP contribution in [0.5, 0.6) is 11.5 Å². The maximum absolute atomic E-state index is 12.9. The number of amides is 2. The number of para-hydroxylation sites is 1. The molecule has 2 amide bonds. The van der Waals surface area contributed by atoms with Gasteiger partial charge in [0.15, 0.2) is 6.10 Å². The van der Waals surface area contributed by atoms with Gasteiger partial charge in [-0.05, 0) is 49.1 Å². The zero-order valence-corrected chi connectivity index (χ0v) is 19.3. The Bertz CT molecular complexity index is 867. The molecular formula is C26H34N2O4. The number of rotatable bonds is 8. The number of benzene rings is 2. The first-order valence-corrected chi connectivity index (χ1v) is 11.4. The number of hydrogen-bond acceptors (Lipinski definition) is 4. The summed E-state index contributed by atoms with van der Waals surface area (Å²) in [6.45, 7) is 8.76. The second-order valence-corrected chi connectivity index (χ2v) is 8.45. The van der Waals surface area contributed by atoms with E-state index in [-0.39, 0.29) is 11.8 Å². The molecule has 0 saturated carbocycles. The molecule has 2 aromatic carbocycles. The molecule has 2 aromatic rings. The molecular weight excluding hydrogens is 404 g/mol. The average molecular weight is 439 g/mol. The number of carbonyl (C=O) groups is 2. The molecule has 1 unspecified atom stereocenters. The smallest absolute Gasteiger partial charge is 0.263 e. The first kappa shape index (κ1) is 23.6. The SMILES string of the molecule is CC(Oc1ccc(C(C)C)cc1)C(=O)N1CCCN(C(=O)CCOc2ccccc2)CC1. The average Bonchev–Trinajstić information content (AvgIpc) is 3.06. The molecule has 3 rings (SSSR count). The van der Waals surface area contributed by atoms with E-state index >= 15 is 0 Å². The molecule has 1 saturated heterocycles. The van der Waals surface area contributed by atoms with Gasteiger partial charge in [0.1, 0.15) is 11.5 Å². The van der Waals surface area contributed by atoms with Crippen molar-refractivity contribution in [1.29, 1.82) is 0 Å². The Morgan fingerprint density at radius 3 is 2.19 bits per heavy atom. The summed E-state index contributed by atoms with van der Waals surface area (Å²) in [4.78, 5) is 29.1. The van der Waals surface area contributed by atoms with E-state index in [0.717, 1.165) is 12.2 Å². The third-order valence-electron chi connectivity index (χ3n) is 5.70. The Balaban J connectivity index is 1.45. The molecule has 0 aromatic heterocycles. The van der Waals surface area contributed by atoms with E-state index < -0.39 is 6.10 Å². The lowest BCUT2D eigenvalue weighted by atomic mass is 10.0. The molecule has 0 aliphatic carbocycles. The largest absolute Gasteiger partial charge is 0.493 e. The van der Waals surface area contributed by atoms with Crippen molar-refractivity contribution in [3.63, 3.8) is 0 Å². The maximum atomic E-state index is 12.9. The molecule has 1 aliphatic heterocycles. The predicted octanol–water partition coefficient (Wildman–Crippen LogP) is 4.11. The monoisotopic (exact) mass is 438 g/mol. The molecule has 1 atom stereocenters. The van der Waals surface area contributed by atoms with Crippen molar-refractivity contribution in [1.82, 2.24) is 9.80 Å². The summed E-state index contributed by atoms with van der Waals surface area (Å²) in [6, 6.07) is 17.4. The fraction of sp³-hybridized carbons (Fsp3) is 0.462. The standard InChI is InChI=1S/C26H34N2O4/c1-20(2)22-10-12-24(13-11-22)32-21(3)26(30)28-16-7-15-27(17-18-28)25(29)14-19-31-23-8-5-4-6-9-23/h4-6,8-13,20-21H,7,14-19H2,1-3H3. The van der Waals surface area contributed by atoms with E-state index in [1.807, 2.05) is 59.5 Å². The molecule has 172 valence electrons. The minimum atomic E-state index is -0.568. The van der Waals surface area contributed by atoms with Gasteiger partial charge in [-0.15, -0.1) is 0 Å². The van der Waals surface area contributed by atoms with Crippen molar-refractivity contribution in [2.45, 2.75) is 45.6 Å². The first-order chi connectivity index (χ1) is 15.4. The predicted molar refractivity (Wildman–Crippen MR) is 125 cm³/mol. The van der Waals surface area contributed by atoms with E-state index in [9.17, 15) is 9.59 Å². The summed E-state index contributed by atoms with van der Waals surface area (Å²) in [5.74, 6) is 1.93. The lowest BCUT2D eigenvalue weighted by Crippen LogP contribution is -2.43. The van der Waals surface area contributed by atoms with Crippen molar-refractivity contribution in [3.05, 3.63) is 60.2 Å². The van der Waals surface area contributed by atoms with Crippen molar-refractivity contribution >= 4 is 11.8 Å². The van der Waals surface area contributed by atoms with Gasteiger partial charge >= 0.3 is 0 Å². The summed E-state index contributed by atoms with van der Waals surface area (Å²) in [5, 5.41) is 0. The van der Waals surface area contributed by atoms with Gasteiger partial charge < -0.3 is 19.3 Å². The molecule has 0 radical (unpaired) electrons. The van der Waals surface area contributed by atoms with Crippen LogP contribution in [0.2, 0.25) is 0 Å². The quantitative estimate of drug-likeness (QED) is 0.622. The van der Waals surface area contributed by atoms with Crippen LogP contribution < -0.4 is 9.47 Å². The molecule has 6 heteroatoms. The van der Waals surface area contributed by atoms with Crippen LogP contribution in [0.3, 0.4) is 0 Å². The van der Waals surface area contributed by atoms with Gasteiger partial charge in [0, 0.05) is 26.2 Å². The van der Waals surface area contributed by atoms with E-state index in [1.54, 1.807) is 11.8 Å². The molecule has 1 fully saturated rings. The molecule has 1 heterocycles. The molecule has 6 nitrogen and oxygen atoms in total. The van der Waals surface area contributed by atoms with Gasteiger partial charge in [0.2, 0.25) is 5.91 Å². The summed E-state index contributed by atoms with van der Waals surface area (Å²) in [5.41, 5.74) is 1.24. The third kappa shape index (κ3) is 6.74. The highest BCUT2D eigenvalue weighted by molar-refractivity contribution is 5.81. The summed E-state index contributed by atoms with van der Waals surface area (Å²) in [7, 11) is 0. The van der Waals surface area contributed by atoms with Crippen molar-refractivity contribution < 1.29 is 19.1 Å². The number of carbonyl (C=O) groups excluding carboxylic acids is 2. The van der Waals surface area contributed by atoms with Gasteiger partial charge in [-0.2, -0.15) is 0 Å². The lowest BCUT2D eigenvalue weighted by Gasteiger charge is -2.25. The number of ether oxygens (including phenoxy) is 2. The van der Waals surface area contributed by atoms with Gasteiger partial charge in [-0.25, -0.2) is 0 Å². The van der Waals surface area contributed by atoms with E-state index in [1.165, 1.54) is 5.56 Å². The Morgan fingerprint density at radius 2 is 1.50 bits per heavy atom. The highest BCUT2D eigenvalue weighted by Crippen LogP contribution is 2.20. The highest BCUT2D eigenvalue weighted by Gasteiger charge is 2.26. The Labute approximate surface area is 191 Å². The molecule has 0 spiro atoms. The van der Waals surface area contributed by atoms with Crippen LogP contribution >= 0.6 is 0 Å². The zero-order valence-electron chi connectivity index (χ0n) is 19.3. The van der Waals surface area contributed by atoms with Crippen molar-refractivity contribution in [2.75, 3.05) is 32.8 Å². The zero-order chi connectivity index (χ0) is 22.9. The van der Waals surface area contributed by atoms with Crippen LogP contribution in [0.1, 0.15) is 45.1 Å². The van der Waals surface area contributed by atoms with Crippen LogP contribution in [0.15, 0.2) is 54.6 Å². The Kier molecular flexibility index (Phi) is 8.54. The second-order valence-electron chi connectivity index (χ2n) is 8.45. The number of hydrogen-bond donors (Lipinski definition) is 0.